The predicted molar refractivity (Wildman–Crippen MR) is 52.0 cm³/mol. The molecule has 0 N–H and O–H groups in total. The molecule has 0 saturated heterocycles. The van der Waals surface area contributed by atoms with Crippen LogP contribution in [0, 0.1) is 11.3 Å². The lowest BCUT2D eigenvalue weighted by Gasteiger charge is -1.97. The molecular weight excluding hydrogens is 230 g/mol. The van der Waals surface area contributed by atoms with Gasteiger partial charge >= 0.3 is 0 Å². The molecule has 2 heterocycles. The third kappa shape index (κ3) is 1.38. The molecule has 0 atom stereocenters. The van der Waals surface area contributed by atoms with Crippen LogP contribution in [-0.4, -0.2) is 9.97 Å². The number of nitrogens with zero attached hydrogens (tertiary/aromatic N) is 3. The third-order valence-electron chi connectivity index (χ3n) is 1.65. The average Bonchev–Trinajstić information content (AvgIpc) is 2.18. The smallest absolute Gasteiger partial charge is 0.141 e. The van der Waals surface area contributed by atoms with Gasteiger partial charge in [-0.05, 0) is 34.1 Å². The Morgan fingerprint density at radius 1 is 1.31 bits per heavy atom. The lowest BCUT2D eigenvalue weighted by Crippen LogP contribution is -1.87. The highest BCUT2D eigenvalue weighted by atomic mass is 79.9. The highest BCUT2D eigenvalue weighted by Crippen LogP contribution is 2.19. The van der Waals surface area contributed by atoms with Crippen LogP contribution in [0.2, 0.25) is 0 Å². The SMILES string of the molecule is N#Cc1ccc2nccc(Br)c2n1. The van der Waals surface area contributed by atoms with Crippen molar-refractivity contribution in [1.82, 2.24) is 9.97 Å². The average molecular weight is 234 g/mol. The highest BCUT2D eigenvalue weighted by molar-refractivity contribution is 9.10. The fourth-order valence-corrected chi connectivity index (χ4v) is 1.47. The van der Waals surface area contributed by atoms with E-state index < -0.39 is 0 Å². The molecule has 0 bridgehead atoms. The van der Waals surface area contributed by atoms with Gasteiger partial charge in [0.15, 0.2) is 0 Å². The summed E-state index contributed by atoms with van der Waals surface area (Å²) in [5, 5.41) is 8.64. The molecule has 2 aromatic heterocycles. The monoisotopic (exact) mass is 233 g/mol. The van der Waals surface area contributed by atoms with Crippen molar-refractivity contribution in [3.8, 4) is 6.07 Å². The van der Waals surface area contributed by atoms with Crippen molar-refractivity contribution in [2.24, 2.45) is 0 Å². The lowest BCUT2D eigenvalue weighted by molar-refractivity contribution is 1.28. The van der Waals surface area contributed by atoms with Crippen molar-refractivity contribution in [1.29, 1.82) is 5.26 Å². The van der Waals surface area contributed by atoms with E-state index in [0.717, 1.165) is 15.5 Å². The molecule has 0 amide bonds. The summed E-state index contributed by atoms with van der Waals surface area (Å²) >= 11 is 3.35. The normalized spacial score (nSPS) is 9.85. The molecule has 0 aliphatic rings. The van der Waals surface area contributed by atoms with E-state index in [1.807, 2.05) is 6.07 Å². The molecule has 0 radical (unpaired) electrons. The van der Waals surface area contributed by atoms with Crippen molar-refractivity contribution in [3.05, 3.63) is 34.6 Å². The number of hydrogen-bond donors (Lipinski definition) is 0. The number of pyridine rings is 2. The number of rotatable bonds is 0. The minimum absolute atomic E-state index is 0.404. The number of nitriles is 1. The molecule has 13 heavy (non-hydrogen) atoms. The maximum Gasteiger partial charge on any atom is 0.141 e. The van der Waals surface area contributed by atoms with Crippen molar-refractivity contribution in [2.45, 2.75) is 0 Å². The van der Waals surface area contributed by atoms with Gasteiger partial charge in [0.05, 0.1) is 5.52 Å². The third-order valence-corrected chi connectivity index (χ3v) is 2.29. The molecule has 3 nitrogen and oxygen atoms in total. The van der Waals surface area contributed by atoms with Gasteiger partial charge in [0.1, 0.15) is 17.3 Å². The summed E-state index contributed by atoms with van der Waals surface area (Å²) in [6.07, 6.45) is 1.69. The molecule has 2 rings (SSSR count). The minimum Gasteiger partial charge on any atom is -0.255 e. The van der Waals surface area contributed by atoms with Gasteiger partial charge < -0.3 is 0 Å². The fraction of sp³-hybridized carbons (Fsp3) is 0. The highest BCUT2D eigenvalue weighted by Gasteiger charge is 2.01. The standard InChI is InChI=1S/C9H4BrN3/c10-7-3-4-12-8-2-1-6(5-11)13-9(7)8/h1-4H. The van der Waals surface area contributed by atoms with E-state index in [-0.39, 0.29) is 0 Å². The molecule has 0 aliphatic heterocycles. The van der Waals surface area contributed by atoms with Crippen molar-refractivity contribution < 1.29 is 0 Å². The van der Waals surface area contributed by atoms with E-state index in [2.05, 4.69) is 25.9 Å². The van der Waals surface area contributed by atoms with E-state index in [4.69, 9.17) is 5.26 Å². The van der Waals surface area contributed by atoms with Gasteiger partial charge in [0.2, 0.25) is 0 Å². The second-order valence-electron chi connectivity index (χ2n) is 2.47. The van der Waals surface area contributed by atoms with E-state index in [0.29, 0.717) is 5.69 Å². The molecule has 0 aliphatic carbocycles. The van der Waals surface area contributed by atoms with Gasteiger partial charge in [-0.15, -0.1) is 0 Å². The van der Waals surface area contributed by atoms with Gasteiger partial charge in [-0.1, -0.05) is 0 Å². The van der Waals surface area contributed by atoms with Gasteiger partial charge in [-0.2, -0.15) is 5.26 Å². The summed E-state index contributed by atoms with van der Waals surface area (Å²) < 4.78 is 0.856. The summed E-state index contributed by atoms with van der Waals surface area (Å²) in [6.45, 7) is 0. The molecule has 2 aromatic rings. The Bertz CT molecular complexity index is 502. The Morgan fingerprint density at radius 2 is 2.15 bits per heavy atom. The number of fused-ring (bicyclic) bond motifs is 1. The van der Waals surface area contributed by atoms with Crippen LogP contribution in [0.15, 0.2) is 28.9 Å². The zero-order chi connectivity index (χ0) is 9.26. The first-order valence-corrected chi connectivity index (χ1v) is 4.42. The van der Waals surface area contributed by atoms with Gasteiger partial charge in [0, 0.05) is 10.7 Å². The molecule has 0 saturated carbocycles. The first-order chi connectivity index (χ1) is 6.31. The topological polar surface area (TPSA) is 49.6 Å². The first kappa shape index (κ1) is 8.14. The molecule has 0 spiro atoms. The molecule has 4 heteroatoms. The van der Waals surface area contributed by atoms with Crippen molar-refractivity contribution in [2.75, 3.05) is 0 Å². The van der Waals surface area contributed by atoms with E-state index in [9.17, 15) is 0 Å². The van der Waals surface area contributed by atoms with E-state index >= 15 is 0 Å². The van der Waals surface area contributed by atoms with Crippen LogP contribution in [0.3, 0.4) is 0 Å². The van der Waals surface area contributed by atoms with Crippen LogP contribution < -0.4 is 0 Å². The number of hydrogen-bond acceptors (Lipinski definition) is 3. The summed E-state index contributed by atoms with van der Waals surface area (Å²) in [7, 11) is 0. The zero-order valence-electron chi connectivity index (χ0n) is 6.53. The van der Waals surface area contributed by atoms with Crippen LogP contribution in [0.1, 0.15) is 5.69 Å². The van der Waals surface area contributed by atoms with Crippen LogP contribution >= 0.6 is 15.9 Å². The predicted octanol–water partition coefficient (Wildman–Crippen LogP) is 2.26. The Hall–Kier alpha value is -1.47. The lowest BCUT2D eigenvalue weighted by atomic mass is 10.3. The number of aromatic nitrogens is 2. The summed E-state index contributed by atoms with van der Waals surface area (Å²) in [6, 6.07) is 7.23. The van der Waals surface area contributed by atoms with Crippen molar-refractivity contribution >= 4 is 27.0 Å². The Balaban J connectivity index is 2.84. The molecule has 0 fully saturated rings. The summed E-state index contributed by atoms with van der Waals surface area (Å²) in [4.78, 5) is 8.24. The Kier molecular flexibility index (Phi) is 1.95. The summed E-state index contributed by atoms with van der Waals surface area (Å²) in [5.74, 6) is 0. The maximum absolute atomic E-state index is 8.64. The Morgan fingerprint density at radius 3 is 2.92 bits per heavy atom. The molecule has 0 aromatic carbocycles. The van der Waals surface area contributed by atoms with Crippen molar-refractivity contribution in [3.63, 3.8) is 0 Å². The fourth-order valence-electron chi connectivity index (χ4n) is 1.06. The Labute approximate surface area is 83.2 Å². The number of halogens is 1. The van der Waals surface area contributed by atoms with Gasteiger partial charge in [-0.3, -0.25) is 4.98 Å². The zero-order valence-corrected chi connectivity index (χ0v) is 8.12. The largest absolute Gasteiger partial charge is 0.255 e. The minimum atomic E-state index is 0.404. The molecule has 0 unspecified atom stereocenters. The molecular formula is C9H4BrN3. The van der Waals surface area contributed by atoms with Gasteiger partial charge in [0.25, 0.3) is 0 Å². The van der Waals surface area contributed by atoms with Crippen LogP contribution in [0.5, 0.6) is 0 Å². The van der Waals surface area contributed by atoms with Crippen LogP contribution in [-0.2, 0) is 0 Å². The van der Waals surface area contributed by atoms with E-state index in [1.54, 1.807) is 24.4 Å². The van der Waals surface area contributed by atoms with Crippen LogP contribution in [0.25, 0.3) is 11.0 Å². The summed E-state index contributed by atoms with van der Waals surface area (Å²) in [5.41, 5.74) is 1.91. The maximum atomic E-state index is 8.64. The second kappa shape index (κ2) is 3.11. The second-order valence-corrected chi connectivity index (χ2v) is 3.32. The molecule has 62 valence electrons. The first-order valence-electron chi connectivity index (χ1n) is 3.62. The van der Waals surface area contributed by atoms with E-state index in [1.165, 1.54) is 0 Å². The van der Waals surface area contributed by atoms with Gasteiger partial charge in [-0.25, -0.2) is 4.98 Å². The van der Waals surface area contributed by atoms with Crippen LogP contribution in [0.4, 0.5) is 0 Å². The quantitative estimate of drug-likeness (QED) is 0.702.